The molecule has 0 unspecified atom stereocenters. The Morgan fingerprint density at radius 2 is 2.28 bits per heavy atom. The molecule has 3 rings (SSSR count). The first-order chi connectivity index (χ1) is 8.77. The van der Waals surface area contributed by atoms with Gasteiger partial charge in [-0.1, -0.05) is 6.07 Å². The summed E-state index contributed by atoms with van der Waals surface area (Å²) in [4.78, 5) is 15.3. The molecule has 2 aliphatic rings. The lowest BCUT2D eigenvalue weighted by molar-refractivity contribution is -0.133. The average Bonchev–Trinajstić information content (AvgIpc) is 3.03. The van der Waals surface area contributed by atoms with Gasteiger partial charge in [0.1, 0.15) is 4.93 Å². The summed E-state index contributed by atoms with van der Waals surface area (Å²) < 4.78 is 5.84. The Balaban J connectivity index is 1.54. The number of nitrogens with zero attached hydrogens (tertiary/aromatic N) is 1. The zero-order chi connectivity index (χ0) is 12.4. The largest absolute Gasteiger partial charge is 0.363 e. The van der Waals surface area contributed by atoms with Crippen LogP contribution in [0.4, 0.5) is 0 Å². The molecular formula is C13H17NO2S2. The molecule has 1 amide bonds. The molecular weight excluding hydrogens is 266 g/mol. The first-order valence-corrected chi connectivity index (χ1v) is 8.22. The Labute approximate surface area is 116 Å². The highest BCUT2D eigenvalue weighted by Crippen LogP contribution is 2.41. The van der Waals surface area contributed by atoms with Crippen LogP contribution in [0.3, 0.4) is 0 Å². The predicted molar refractivity (Wildman–Crippen MR) is 75.0 cm³/mol. The van der Waals surface area contributed by atoms with Crippen LogP contribution in [0.5, 0.6) is 0 Å². The van der Waals surface area contributed by atoms with E-state index in [0.29, 0.717) is 6.42 Å². The first kappa shape index (κ1) is 12.5. The third-order valence-corrected chi connectivity index (χ3v) is 5.90. The normalized spacial score (nSPS) is 22.6. The van der Waals surface area contributed by atoms with Gasteiger partial charge in [0.2, 0.25) is 5.91 Å². The molecule has 0 bridgehead atoms. The van der Waals surface area contributed by atoms with Crippen LogP contribution in [0.2, 0.25) is 0 Å². The van der Waals surface area contributed by atoms with E-state index in [1.54, 1.807) is 11.3 Å². The number of ether oxygens (including phenoxy) is 1. The highest BCUT2D eigenvalue weighted by molar-refractivity contribution is 8.00. The number of thiophene rings is 1. The van der Waals surface area contributed by atoms with E-state index in [0.717, 1.165) is 43.2 Å². The van der Waals surface area contributed by atoms with Crippen molar-refractivity contribution in [1.82, 2.24) is 4.90 Å². The summed E-state index contributed by atoms with van der Waals surface area (Å²) in [6, 6.07) is 4.03. The zero-order valence-electron chi connectivity index (χ0n) is 10.3. The van der Waals surface area contributed by atoms with Gasteiger partial charge in [0.25, 0.3) is 0 Å². The lowest BCUT2D eigenvalue weighted by Gasteiger charge is -2.37. The summed E-state index contributed by atoms with van der Waals surface area (Å²) in [5.74, 6) is 1.36. The summed E-state index contributed by atoms with van der Waals surface area (Å²) in [5.41, 5.74) is 0. The maximum Gasteiger partial charge on any atom is 0.227 e. The summed E-state index contributed by atoms with van der Waals surface area (Å²) >= 11 is 3.58. The lowest BCUT2D eigenvalue weighted by Crippen LogP contribution is -2.45. The monoisotopic (exact) mass is 283 g/mol. The van der Waals surface area contributed by atoms with E-state index in [4.69, 9.17) is 4.74 Å². The van der Waals surface area contributed by atoms with E-state index < -0.39 is 0 Å². The molecule has 5 heteroatoms. The van der Waals surface area contributed by atoms with Gasteiger partial charge in [0.05, 0.1) is 13.0 Å². The number of likely N-dealkylation sites (tertiary alicyclic amines) is 1. The zero-order valence-corrected chi connectivity index (χ0v) is 11.9. The Hall–Kier alpha value is -0.520. The van der Waals surface area contributed by atoms with Crippen molar-refractivity contribution in [1.29, 1.82) is 0 Å². The molecule has 0 radical (unpaired) electrons. The van der Waals surface area contributed by atoms with E-state index in [1.807, 2.05) is 34.2 Å². The van der Waals surface area contributed by atoms with Gasteiger partial charge in [-0.3, -0.25) is 4.79 Å². The van der Waals surface area contributed by atoms with Crippen molar-refractivity contribution in [2.24, 2.45) is 0 Å². The summed E-state index contributed by atoms with van der Waals surface area (Å²) in [5, 5.41) is 2.02. The summed E-state index contributed by atoms with van der Waals surface area (Å²) in [6.07, 6.45) is 2.51. The number of piperidine rings is 1. The van der Waals surface area contributed by atoms with Gasteiger partial charge in [0, 0.05) is 36.6 Å². The van der Waals surface area contributed by atoms with Gasteiger partial charge < -0.3 is 9.64 Å². The minimum absolute atomic E-state index is 0.0275. The fraction of sp³-hybridized carbons (Fsp3) is 0.615. The van der Waals surface area contributed by atoms with Gasteiger partial charge in [-0.05, 0) is 11.4 Å². The van der Waals surface area contributed by atoms with Crippen LogP contribution in [0.15, 0.2) is 17.5 Å². The maximum absolute atomic E-state index is 12.2. The van der Waals surface area contributed by atoms with Crippen LogP contribution < -0.4 is 0 Å². The first-order valence-electron chi connectivity index (χ1n) is 6.36. The molecule has 1 aromatic heterocycles. The molecule has 2 aliphatic heterocycles. The van der Waals surface area contributed by atoms with E-state index >= 15 is 0 Å². The van der Waals surface area contributed by atoms with Crippen LogP contribution in [0, 0.1) is 0 Å². The van der Waals surface area contributed by atoms with Gasteiger partial charge in [0.15, 0.2) is 0 Å². The minimum atomic E-state index is 0.0275. The quantitative estimate of drug-likeness (QED) is 0.834. The Morgan fingerprint density at radius 3 is 2.89 bits per heavy atom. The molecule has 3 nitrogen and oxygen atoms in total. The number of hydrogen-bond acceptors (Lipinski definition) is 4. The number of hydrogen-bond donors (Lipinski definition) is 0. The molecule has 0 saturated carbocycles. The molecule has 1 spiro atoms. The van der Waals surface area contributed by atoms with Crippen LogP contribution in [-0.2, 0) is 16.0 Å². The van der Waals surface area contributed by atoms with Crippen LogP contribution >= 0.6 is 23.1 Å². The van der Waals surface area contributed by atoms with Crippen molar-refractivity contribution in [3.63, 3.8) is 0 Å². The predicted octanol–water partition coefficient (Wildman–Crippen LogP) is 2.37. The third kappa shape index (κ3) is 2.58. The second-order valence-corrected chi connectivity index (χ2v) is 7.22. The van der Waals surface area contributed by atoms with Crippen molar-refractivity contribution >= 4 is 29.0 Å². The molecule has 0 atom stereocenters. The average molecular weight is 283 g/mol. The Bertz CT molecular complexity index is 403. The van der Waals surface area contributed by atoms with Crippen molar-refractivity contribution in [2.75, 3.05) is 25.4 Å². The molecule has 0 aromatic carbocycles. The second kappa shape index (κ2) is 5.23. The highest BCUT2D eigenvalue weighted by Gasteiger charge is 2.40. The summed E-state index contributed by atoms with van der Waals surface area (Å²) in [6.45, 7) is 2.56. The highest BCUT2D eigenvalue weighted by atomic mass is 32.2. The molecule has 0 N–H and O–H groups in total. The minimum Gasteiger partial charge on any atom is -0.363 e. The van der Waals surface area contributed by atoms with Gasteiger partial charge in [-0.25, -0.2) is 0 Å². The topological polar surface area (TPSA) is 29.5 Å². The SMILES string of the molecule is O=C(Cc1cccs1)N1CCC2(CC1)OCCS2. The molecule has 1 aromatic rings. The van der Waals surface area contributed by atoms with E-state index in [-0.39, 0.29) is 10.8 Å². The molecule has 0 aliphatic carbocycles. The smallest absolute Gasteiger partial charge is 0.227 e. The van der Waals surface area contributed by atoms with E-state index in [9.17, 15) is 4.79 Å². The van der Waals surface area contributed by atoms with Gasteiger partial charge in [-0.15, -0.1) is 23.1 Å². The number of rotatable bonds is 2. The van der Waals surface area contributed by atoms with Gasteiger partial charge >= 0.3 is 0 Å². The number of amides is 1. The molecule has 18 heavy (non-hydrogen) atoms. The van der Waals surface area contributed by atoms with Crippen LogP contribution in [0.25, 0.3) is 0 Å². The van der Waals surface area contributed by atoms with Crippen LogP contribution in [-0.4, -0.2) is 41.2 Å². The maximum atomic E-state index is 12.2. The molecule has 2 saturated heterocycles. The fourth-order valence-corrected chi connectivity index (χ4v) is 4.43. The van der Waals surface area contributed by atoms with Crippen molar-refractivity contribution in [3.8, 4) is 0 Å². The molecule has 3 heterocycles. The Morgan fingerprint density at radius 1 is 1.44 bits per heavy atom. The number of thioether (sulfide) groups is 1. The lowest BCUT2D eigenvalue weighted by atomic mass is 10.1. The van der Waals surface area contributed by atoms with E-state index in [1.165, 1.54) is 0 Å². The van der Waals surface area contributed by atoms with Crippen molar-refractivity contribution < 1.29 is 9.53 Å². The number of carbonyl (C=O) groups is 1. The third-order valence-electron chi connectivity index (χ3n) is 3.60. The standard InChI is InChI=1S/C13H17NO2S2/c15-12(10-11-2-1-8-17-11)14-5-3-13(4-6-14)16-7-9-18-13/h1-2,8H,3-7,9-10H2. The van der Waals surface area contributed by atoms with Gasteiger partial charge in [-0.2, -0.15) is 0 Å². The second-order valence-electron chi connectivity index (χ2n) is 4.74. The van der Waals surface area contributed by atoms with E-state index in [2.05, 4.69) is 0 Å². The van der Waals surface area contributed by atoms with Crippen molar-refractivity contribution in [3.05, 3.63) is 22.4 Å². The molecule has 98 valence electrons. The molecule has 2 fully saturated rings. The van der Waals surface area contributed by atoms with Crippen LogP contribution in [0.1, 0.15) is 17.7 Å². The van der Waals surface area contributed by atoms with Crippen molar-refractivity contribution in [2.45, 2.75) is 24.2 Å². The Kier molecular flexibility index (Phi) is 3.63. The summed E-state index contributed by atoms with van der Waals surface area (Å²) in [7, 11) is 0. The number of carbonyl (C=O) groups excluding carboxylic acids is 1. The fourth-order valence-electron chi connectivity index (χ4n) is 2.56.